The smallest absolute Gasteiger partial charge is 0.417 e. The minimum absolute atomic E-state index is 0.0303. The molecule has 0 fully saturated rings. The summed E-state index contributed by atoms with van der Waals surface area (Å²) in [5.74, 6) is -0.171. The number of pyridine rings is 1. The number of alkyl halides is 5. The van der Waals surface area contributed by atoms with E-state index in [-0.39, 0.29) is 28.8 Å². The van der Waals surface area contributed by atoms with Gasteiger partial charge < -0.3 is 10.1 Å². The van der Waals surface area contributed by atoms with Gasteiger partial charge in [0, 0.05) is 12.7 Å². The van der Waals surface area contributed by atoms with Crippen LogP contribution in [-0.2, 0) is 12.7 Å². The Morgan fingerprint density at radius 3 is 2.57 bits per heavy atom. The Balaban J connectivity index is 1.78. The normalized spacial score (nSPS) is 11.6. The number of halogens is 6. The van der Waals surface area contributed by atoms with Crippen LogP contribution in [0.25, 0.3) is 5.82 Å². The van der Waals surface area contributed by atoms with Crippen LogP contribution in [0.2, 0.25) is 5.02 Å². The molecule has 0 saturated carbocycles. The first-order valence-electron chi connectivity index (χ1n) is 8.24. The molecular weight excluding hydrogens is 435 g/mol. The van der Waals surface area contributed by atoms with Gasteiger partial charge in [-0.3, -0.25) is 4.79 Å². The van der Waals surface area contributed by atoms with E-state index in [1.54, 1.807) is 6.07 Å². The summed E-state index contributed by atoms with van der Waals surface area (Å²) in [6.07, 6.45) is -2.78. The fourth-order valence-corrected chi connectivity index (χ4v) is 2.62. The average molecular weight is 447 g/mol. The number of hydrogen-bond acceptors (Lipinski definition) is 5. The number of hydrogen-bond donors (Lipinski definition) is 1. The Bertz CT molecular complexity index is 1090. The lowest BCUT2D eigenvalue weighted by Crippen LogP contribution is -2.23. The summed E-state index contributed by atoms with van der Waals surface area (Å²) in [7, 11) is 0. The van der Waals surface area contributed by atoms with E-state index >= 15 is 0 Å². The topological polar surface area (TPSA) is 69.0 Å². The first-order chi connectivity index (χ1) is 14.1. The fourth-order valence-electron chi connectivity index (χ4n) is 2.43. The lowest BCUT2D eigenvalue weighted by molar-refractivity contribution is -0.137. The summed E-state index contributed by atoms with van der Waals surface area (Å²) in [4.78, 5) is 16.0. The van der Waals surface area contributed by atoms with Crippen molar-refractivity contribution in [3.05, 3.63) is 75.3 Å². The van der Waals surface area contributed by atoms with Crippen LogP contribution >= 0.6 is 11.6 Å². The van der Waals surface area contributed by atoms with E-state index in [4.69, 9.17) is 11.6 Å². The average Bonchev–Trinajstić information content (AvgIpc) is 2.68. The highest BCUT2D eigenvalue weighted by Crippen LogP contribution is 2.28. The minimum Gasteiger partial charge on any atom is -0.435 e. The highest BCUT2D eigenvalue weighted by Gasteiger charge is 2.30. The molecule has 6 nitrogen and oxygen atoms in total. The van der Waals surface area contributed by atoms with E-state index in [2.05, 4.69) is 20.1 Å². The quantitative estimate of drug-likeness (QED) is 0.564. The number of rotatable bonds is 6. The molecule has 0 saturated heterocycles. The first-order valence-corrected chi connectivity index (χ1v) is 8.62. The monoisotopic (exact) mass is 446 g/mol. The predicted molar refractivity (Wildman–Crippen MR) is 98.0 cm³/mol. The van der Waals surface area contributed by atoms with Crippen molar-refractivity contribution in [2.75, 3.05) is 5.32 Å². The van der Waals surface area contributed by atoms with Gasteiger partial charge in [0.05, 0.1) is 17.4 Å². The summed E-state index contributed by atoms with van der Waals surface area (Å²) < 4.78 is 67.6. The summed E-state index contributed by atoms with van der Waals surface area (Å²) in [6.45, 7) is -2.85. The van der Waals surface area contributed by atoms with Crippen LogP contribution < -0.4 is 15.6 Å². The van der Waals surface area contributed by atoms with Gasteiger partial charge in [-0.1, -0.05) is 23.7 Å². The zero-order valence-corrected chi connectivity index (χ0v) is 15.6. The maximum atomic E-state index is 12.6. The molecule has 0 aliphatic carbocycles. The molecule has 2 aromatic heterocycles. The second-order valence-corrected chi connectivity index (χ2v) is 6.25. The van der Waals surface area contributed by atoms with E-state index in [1.807, 2.05) is 0 Å². The number of nitrogens with zero attached hydrogens (tertiary/aromatic N) is 3. The Morgan fingerprint density at radius 1 is 1.17 bits per heavy atom. The first kappa shape index (κ1) is 21.5. The molecule has 0 atom stereocenters. The third kappa shape index (κ3) is 5.03. The zero-order valence-electron chi connectivity index (χ0n) is 14.8. The number of aromatic nitrogens is 3. The van der Waals surface area contributed by atoms with Crippen molar-refractivity contribution in [1.29, 1.82) is 0 Å². The molecule has 0 bridgehead atoms. The summed E-state index contributed by atoms with van der Waals surface area (Å²) in [5.41, 5.74) is -1.06. The largest absolute Gasteiger partial charge is 0.435 e. The second kappa shape index (κ2) is 8.66. The zero-order chi connectivity index (χ0) is 21.9. The van der Waals surface area contributed by atoms with E-state index in [0.717, 1.165) is 16.8 Å². The molecule has 3 rings (SSSR count). The highest BCUT2D eigenvalue weighted by molar-refractivity contribution is 6.32. The van der Waals surface area contributed by atoms with Gasteiger partial charge in [-0.25, -0.2) is 4.98 Å². The van der Waals surface area contributed by atoms with Crippen LogP contribution in [0.15, 0.2) is 53.6 Å². The maximum absolute atomic E-state index is 12.6. The third-order valence-electron chi connectivity index (χ3n) is 3.82. The molecule has 1 aromatic carbocycles. The summed E-state index contributed by atoms with van der Waals surface area (Å²) in [5, 5.41) is 6.43. The Hall–Kier alpha value is -3.21. The predicted octanol–water partition coefficient (Wildman–Crippen LogP) is 4.51. The minimum atomic E-state index is -4.56. The fraction of sp³-hybridized carbons (Fsp3) is 0.167. The van der Waals surface area contributed by atoms with Crippen molar-refractivity contribution < 1.29 is 26.7 Å². The lowest BCUT2D eigenvalue weighted by atomic mass is 10.2. The molecule has 0 spiro atoms. The van der Waals surface area contributed by atoms with Crippen molar-refractivity contribution >= 4 is 17.3 Å². The van der Waals surface area contributed by atoms with E-state index in [9.17, 15) is 26.7 Å². The highest BCUT2D eigenvalue weighted by atomic mass is 35.5. The molecule has 2 heterocycles. The molecule has 12 heteroatoms. The van der Waals surface area contributed by atoms with Gasteiger partial charge >= 0.3 is 12.8 Å². The maximum Gasteiger partial charge on any atom is 0.417 e. The van der Waals surface area contributed by atoms with Crippen LogP contribution in [0.4, 0.5) is 27.6 Å². The number of benzene rings is 1. The molecule has 0 aliphatic rings. The number of ether oxygens (including phenoxy) is 1. The van der Waals surface area contributed by atoms with E-state index < -0.39 is 23.9 Å². The van der Waals surface area contributed by atoms with Crippen molar-refractivity contribution in [3.8, 4) is 11.6 Å². The Labute approximate surface area is 170 Å². The molecular formula is C18H12ClF5N4O2. The van der Waals surface area contributed by atoms with Gasteiger partial charge in [0.1, 0.15) is 10.8 Å². The van der Waals surface area contributed by atoms with Gasteiger partial charge in [0.2, 0.25) is 0 Å². The van der Waals surface area contributed by atoms with Gasteiger partial charge in [0.15, 0.2) is 5.82 Å². The standard InChI is InChI=1S/C18H12ClF5N4O2/c19-15-13(25-7-10-2-1-3-12(6-10)30-17(20)21)9-27-28(16(15)29)14-5-4-11(8-26-14)18(22,23)24/h1-6,8-9,17,25H,7H2. The molecule has 0 aliphatic heterocycles. The molecule has 1 N–H and O–H groups in total. The van der Waals surface area contributed by atoms with Crippen molar-refractivity contribution in [1.82, 2.24) is 14.8 Å². The molecule has 0 amide bonds. The third-order valence-corrected chi connectivity index (χ3v) is 4.18. The molecule has 3 aromatic rings. The van der Waals surface area contributed by atoms with Gasteiger partial charge in [0.25, 0.3) is 5.56 Å². The van der Waals surface area contributed by atoms with Gasteiger partial charge in [-0.15, -0.1) is 0 Å². The van der Waals surface area contributed by atoms with E-state index in [1.165, 1.54) is 24.4 Å². The molecule has 30 heavy (non-hydrogen) atoms. The molecule has 0 radical (unpaired) electrons. The van der Waals surface area contributed by atoms with Crippen LogP contribution in [0, 0.1) is 0 Å². The SMILES string of the molecule is O=c1c(Cl)c(NCc2cccc(OC(F)F)c2)cnn1-c1ccc(C(F)(F)F)cn1. The lowest BCUT2D eigenvalue weighted by Gasteiger charge is -2.11. The number of anilines is 1. The second-order valence-electron chi connectivity index (χ2n) is 5.87. The van der Waals surface area contributed by atoms with Crippen LogP contribution in [-0.4, -0.2) is 21.4 Å². The van der Waals surface area contributed by atoms with Crippen LogP contribution in [0.5, 0.6) is 5.75 Å². The van der Waals surface area contributed by atoms with Crippen LogP contribution in [0.1, 0.15) is 11.1 Å². The number of nitrogens with one attached hydrogen (secondary N) is 1. The summed E-state index contributed by atoms with van der Waals surface area (Å²) >= 11 is 6.05. The van der Waals surface area contributed by atoms with Gasteiger partial charge in [-0.05, 0) is 29.8 Å². The molecule has 0 unspecified atom stereocenters. The van der Waals surface area contributed by atoms with Crippen molar-refractivity contribution in [2.45, 2.75) is 19.3 Å². The van der Waals surface area contributed by atoms with E-state index in [0.29, 0.717) is 11.8 Å². The Kier molecular flexibility index (Phi) is 6.20. The summed E-state index contributed by atoms with van der Waals surface area (Å²) in [6, 6.07) is 7.67. The van der Waals surface area contributed by atoms with Gasteiger partial charge in [-0.2, -0.15) is 31.7 Å². The molecule has 158 valence electrons. The Morgan fingerprint density at radius 2 is 1.93 bits per heavy atom. The van der Waals surface area contributed by atoms with Crippen molar-refractivity contribution in [3.63, 3.8) is 0 Å². The van der Waals surface area contributed by atoms with Crippen molar-refractivity contribution in [2.24, 2.45) is 0 Å². The van der Waals surface area contributed by atoms with Crippen LogP contribution in [0.3, 0.4) is 0 Å².